The van der Waals surface area contributed by atoms with Gasteiger partial charge in [0.1, 0.15) is 30.0 Å². The van der Waals surface area contributed by atoms with Gasteiger partial charge in [0.25, 0.3) is 6.43 Å². The van der Waals surface area contributed by atoms with E-state index in [1.54, 1.807) is 32.2 Å². The number of likely N-dealkylation sites (tertiary alicyclic amines) is 1. The topological polar surface area (TPSA) is 118 Å². The number of ether oxygens (including phenoxy) is 1. The molecule has 1 aromatic heterocycles. The largest absolute Gasteiger partial charge is 0.512 e. The second-order valence-electron chi connectivity index (χ2n) is 10.6. The normalized spacial score (nSPS) is 20.6. The fraction of sp³-hybridized carbons (Fsp3) is 0.536. The molecule has 0 amide bonds. The van der Waals surface area contributed by atoms with Gasteiger partial charge in [-0.05, 0) is 57.9 Å². The van der Waals surface area contributed by atoms with Crippen LogP contribution in [0.25, 0.3) is 17.0 Å². The Morgan fingerprint density at radius 1 is 1.20 bits per heavy atom. The van der Waals surface area contributed by atoms with Crippen LogP contribution in [-0.4, -0.2) is 96.2 Å². The van der Waals surface area contributed by atoms with Gasteiger partial charge in [0.15, 0.2) is 5.82 Å². The Morgan fingerprint density at radius 3 is 2.45 bits per heavy atom. The molecular weight excluding hydrogens is 542 g/mol. The molecule has 1 aromatic carbocycles. The number of aromatic nitrogens is 2. The molecule has 2 aliphatic rings. The molecule has 2 aromatic rings. The first-order valence-electron chi connectivity index (χ1n) is 13.3. The maximum absolute atomic E-state index is 13.0. The molecule has 3 atom stereocenters. The minimum atomic E-state index is -2.35. The van der Waals surface area contributed by atoms with E-state index in [-0.39, 0.29) is 36.5 Å². The summed E-state index contributed by atoms with van der Waals surface area (Å²) in [5.41, 5.74) is 2.10. The van der Waals surface area contributed by atoms with Gasteiger partial charge in [0.2, 0.25) is 0 Å². The zero-order valence-corrected chi connectivity index (χ0v) is 24.0. The molecule has 4 rings (SSSR count). The maximum Gasteiger partial charge on any atom is 0.251 e. The van der Waals surface area contributed by atoms with E-state index in [9.17, 15) is 19.0 Å². The smallest absolute Gasteiger partial charge is 0.251 e. The summed E-state index contributed by atoms with van der Waals surface area (Å²) in [6, 6.07) is 5.08. The number of aliphatic hydroxyl groups is 2. The van der Waals surface area contributed by atoms with Gasteiger partial charge in [-0.3, -0.25) is 4.90 Å². The third kappa shape index (κ3) is 6.71. The summed E-state index contributed by atoms with van der Waals surface area (Å²) in [6.45, 7) is 7.75. The number of aliphatic hydroxyl groups excluding tert-OH is 2. The second kappa shape index (κ2) is 12.8. The highest BCUT2D eigenvalue weighted by atomic mass is 35.5. The fourth-order valence-electron chi connectivity index (χ4n) is 5.66. The van der Waals surface area contributed by atoms with Crippen LogP contribution in [0, 0.1) is 24.2 Å². The van der Waals surface area contributed by atoms with Gasteiger partial charge in [-0.15, -0.1) is 0 Å². The molecule has 2 fully saturated rings. The highest BCUT2D eigenvalue weighted by Gasteiger charge is 2.41. The Morgan fingerprint density at radius 2 is 1.88 bits per heavy atom. The minimum Gasteiger partial charge on any atom is -0.512 e. The van der Waals surface area contributed by atoms with E-state index in [0.29, 0.717) is 77.5 Å². The number of hydrogen-bond acceptors (Lipinski definition) is 9. The predicted molar refractivity (Wildman–Crippen MR) is 153 cm³/mol. The van der Waals surface area contributed by atoms with Crippen LogP contribution in [0.4, 0.5) is 14.6 Å². The predicted octanol–water partition coefficient (Wildman–Crippen LogP) is 4.03. The van der Waals surface area contributed by atoms with Crippen LogP contribution < -0.4 is 15.0 Å². The van der Waals surface area contributed by atoms with E-state index in [4.69, 9.17) is 31.7 Å². The first kappa shape index (κ1) is 30.1. The molecule has 12 heteroatoms. The third-order valence-electron chi connectivity index (χ3n) is 7.41. The van der Waals surface area contributed by atoms with Crippen molar-refractivity contribution in [1.82, 2.24) is 20.2 Å². The van der Waals surface area contributed by atoms with Crippen molar-refractivity contribution in [3.8, 4) is 17.1 Å². The second-order valence-corrected chi connectivity index (χ2v) is 11.0. The number of anilines is 1. The molecule has 4 N–H and O–H groups in total. The molecule has 3 heterocycles. The fourth-order valence-corrected chi connectivity index (χ4v) is 5.86. The molecule has 0 bridgehead atoms. The summed E-state index contributed by atoms with van der Waals surface area (Å²) >= 11 is 6.61. The standard InChI is InChI=1S/C28H37ClF2N6O3/c1-15-26(25(16(2)32)17(3)38)34-27(22-7-21(5-6-23(22)29)40-14-20(39)8-33-4)35-28(15)37-11-18-9-36(13-24(30)31)10-19(18)12-37/h5-7,18-20,24,32-33,38-39H,8-14H2,1-4H3/b25-17+,32-16?/t18-,19-,20-/m1/s1. The summed E-state index contributed by atoms with van der Waals surface area (Å²) in [4.78, 5) is 13.7. The lowest BCUT2D eigenvalue weighted by atomic mass is 10.0. The van der Waals surface area contributed by atoms with Crippen LogP contribution in [0.1, 0.15) is 25.1 Å². The molecule has 9 nitrogen and oxygen atoms in total. The van der Waals surface area contributed by atoms with Crippen molar-refractivity contribution in [2.24, 2.45) is 11.8 Å². The van der Waals surface area contributed by atoms with Gasteiger partial charge in [-0.2, -0.15) is 0 Å². The van der Waals surface area contributed by atoms with Crippen molar-refractivity contribution in [2.45, 2.75) is 33.3 Å². The van der Waals surface area contributed by atoms with E-state index >= 15 is 0 Å². The van der Waals surface area contributed by atoms with Gasteiger partial charge in [0, 0.05) is 49.6 Å². The molecule has 2 saturated heterocycles. The monoisotopic (exact) mass is 578 g/mol. The number of allylic oxidation sites excluding steroid dienone is 2. The first-order chi connectivity index (χ1) is 19.0. The number of nitrogens with one attached hydrogen (secondary N) is 2. The van der Waals surface area contributed by atoms with E-state index in [1.165, 1.54) is 6.92 Å². The van der Waals surface area contributed by atoms with E-state index in [1.807, 2.05) is 11.8 Å². The van der Waals surface area contributed by atoms with Gasteiger partial charge in [-0.1, -0.05) is 11.6 Å². The van der Waals surface area contributed by atoms with Crippen molar-refractivity contribution in [1.29, 1.82) is 5.41 Å². The first-order valence-corrected chi connectivity index (χ1v) is 13.7. The van der Waals surface area contributed by atoms with Crippen molar-refractivity contribution in [3.05, 3.63) is 40.2 Å². The van der Waals surface area contributed by atoms with Crippen LogP contribution in [0.15, 0.2) is 24.0 Å². The molecule has 0 aliphatic carbocycles. The Hall–Kier alpha value is -2.86. The molecule has 40 heavy (non-hydrogen) atoms. The quantitative estimate of drug-likeness (QED) is 0.233. The van der Waals surface area contributed by atoms with Crippen molar-refractivity contribution in [2.75, 3.05) is 57.8 Å². The number of benzene rings is 1. The van der Waals surface area contributed by atoms with E-state index in [2.05, 4.69) is 10.2 Å². The number of halogens is 3. The average molecular weight is 579 g/mol. The number of rotatable bonds is 11. The number of hydrogen-bond donors (Lipinski definition) is 4. The Balaban J connectivity index is 1.73. The molecule has 0 spiro atoms. The van der Waals surface area contributed by atoms with Crippen LogP contribution in [0.2, 0.25) is 5.02 Å². The average Bonchev–Trinajstić information content (AvgIpc) is 3.42. The SMILES string of the molecule is CNC[C@@H](O)COc1ccc(Cl)c(-c2nc(/C(C(C)=N)=C(\C)O)c(C)c(N3C[C@H]4CN(CC(F)F)C[C@@H]4C3)n2)c1. The highest BCUT2D eigenvalue weighted by Crippen LogP contribution is 2.38. The third-order valence-corrected chi connectivity index (χ3v) is 7.74. The lowest BCUT2D eigenvalue weighted by molar-refractivity contribution is 0.0965. The zero-order valence-electron chi connectivity index (χ0n) is 23.2. The van der Waals surface area contributed by atoms with Crippen LogP contribution >= 0.6 is 11.6 Å². The van der Waals surface area contributed by atoms with Crippen LogP contribution in [0.3, 0.4) is 0 Å². The summed E-state index contributed by atoms with van der Waals surface area (Å²) in [5.74, 6) is 1.88. The summed E-state index contributed by atoms with van der Waals surface area (Å²) in [6.07, 6.45) is -3.04. The summed E-state index contributed by atoms with van der Waals surface area (Å²) < 4.78 is 31.7. The molecule has 0 saturated carbocycles. The number of fused-ring (bicyclic) bond motifs is 1. The summed E-state index contributed by atoms with van der Waals surface area (Å²) in [5, 5.41) is 32.1. The summed E-state index contributed by atoms with van der Waals surface area (Å²) in [7, 11) is 1.74. The lowest BCUT2D eigenvalue weighted by Crippen LogP contribution is -2.32. The van der Waals surface area contributed by atoms with E-state index < -0.39 is 12.5 Å². The van der Waals surface area contributed by atoms with Crippen LogP contribution in [0.5, 0.6) is 5.75 Å². The molecule has 0 unspecified atom stereocenters. The van der Waals surface area contributed by atoms with Gasteiger partial charge in [-0.25, -0.2) is 18.7 Å². The van der Waals surface area contributed by atoms with Gasteiger partial charge >= 0.3 is 0 Å². The molecule has 2 aliphatic heterocycles. The highest BCUT2D eigenvalue weighted by molar-refractivity contribution is 6.33. The molecule has 218 valence electrons. The maximum atomic E-state index is 13.0. The number of likely N-dealkylation sites (N-methyl/N-ethyl adjacent to an activating group) is 1. The lowest BCUT2D eigenvalue weighted by Gasteiger charge is -2.25. The Kier molecular flexibility index (Phi) is 9.60. The Labute approximate surface area is 238 Å². The van der Waals surface area contributed by atoms with Crippen LogP contribution in [-0.2, 0) is 0 Å². The van der Waals surface area contributed by atoms with E-state index in [0.717, 1.165) is 0 Å². The van der Waals surface area contributed by atoms with Gasteiger partial charge in [0.05, 0.1) is 22.8 Å². The number of nitrogens with zero attached hydrogens (tertiary/aromatic N) is 4. The number of alkyl halides is 2. The van der Waals surface area contributed by atoms with Gasteiger partial charge < -0.3 is 30.6 Å². The minimum absolute atomic E-state index is 0.0335. The van der Waals surface area contributed by atoms with Crippen molar-refractivity contribution in [3.63, 3.8) is 0 Å². The Bertz CT molecular complexity index is 1260. The molecular formula is C28H37ClF2N6O3. The zero-order chi connectivity index (χ0) is 29.1. The molecule has 0 radical (unpaired) electrons. The van der Waals surface area contributed by atoms with Crippen molar-refractivity contribution < 1.29 is 23.7 Å². The van der Waals surface area contributed by atoms with Crippen molar-refractivity contribution >= 4 is 28.7 Å².